The van der Waals surface area contributed by atoms with Gasteiger partial charge >= 0.3 is 0 Å². The first-order valence-electron chi connectivity index (χ1n) is 6.91. The predicted octanol–water partition coefficient (Wildman–Crippen LogP) is 3.70. The number of nitrogen functional groups attached to an aromatic ring is 1. The van der Waals surface area contributed by atoms with Gasteiger partial charge in [0.05, 0.1) is 0 Å². The molecule has 3 nitrogen and oxygen atoms in total. The first-order valence-corrected chi connectivity index (χ1v) is 6.91. The van der Waals surface area contributed by atoms with E-state index in [1.54, 1.807) is 0 Å². The summed E-state index contributed by atoms with van der Waals surface area (Å²) in [5, 5.41) is 0. The van der Waals surface area contributed by atoms with Gasteiger partial charge in [-0.25, -0.2) is 4.98 Å². The summed E-state index contributed by atoms with van der Waals surface area (Å²) < 4.78 is 2.20. The third-order valence-electron chi connectivity index (χ3n) is 4.13. The van der Waals surface area contributed by atoms with Gasteiger partial charge in [-0.05, 0) is 63.3 Å². The minimum Gasteiger partial charge on any atom is -0.383 e. The second-order valence-electron chi connectivity index (χ2n) is 5.75. The molecule has 1 aliphatic rings. The van der Waals surface area contributed by atoms with E-state index in [1.807, 2.05) is 0 Å². The Hall–Kier alpha value is -1.77. The summed E-state index contributed by atoms with van der Waals surface area (Å²) in [6.45, 7) is 8.46. The van der Waals surface area contributed by atoms with Crippen LogP contribution < -0.4 is 5.73 Å². The predicted molar refractivity (Wildman–Crippen MR) is 79.3 cm³/mol. The van der Waals surface area contributed by atoms with E-state index in [-0.39, 0.29) is 0 Å². The molecule has 0 aliphatic heterocycles. The SMILES string of the molecule is Cc1cc(C)c(-c2nc(C)n(C3CC3)c2N)cc1C. The fourth-order valence-corrected chi connectivity index (χ4v) is 2.77. The van der Waals surface area contributed by atoms with Crippen molar-refractivity contribution in [2.24, 2.45) is 0 Å². The van der Waals surface area contributed by atoms with Gasteiger partial charge in [-0.3, -0.25) is 0 Å². The van der Waals surface area contributed by atoms with E-state index in [0.717, 1.165) is 17.3 Å². The largest absolute Gasteiger partial charge is 0.383 e. The molecule has 0 atom stereocenters. The Bertz CT molecular complexity index is 648. The Morgan fingerprint density at radius 2 is 1.68 bits per heavy atom. The van der Waals surface area contributed by atoms with Crippen LogP contribution in [0, 0.1) is 27.7 Å². The van der Waals surface area contributed by atoms with Gasteiger partial charge in [-0.1, -0.05) is 6.07 Å². The highest BCUT2D eigenvalue weighted by molar-refractivity contribution is 5.75. The van der Waals surface area contributed by atoms with Crippen LogP contribution in [0.5, 0.6) is 0 Å². The van der Waals surface area contributed by atoms with Gasteiger partial charge in [0.2, 0.25) is 0 Å². The van der Waals surface area contributed by atoms with Gasteiger partial charge in [0.1, 0.15) is 17.3 Å². The highest BCUT2D eigenvalue weighted by atomic mass is 15.2. The number of hydrogen-bond acceptors (Lipinski definition) is 2. The lowest BCUT2D eigenvalue weighted by Crippen LogP contribution is -2.02. The molecule has 2 aromatic rings. The number of aryl methyl sites for hydroxylation is 4. The van der Waals surface area contributed by atoms with Crippen molar-refractivity contribution in [2.45, 2.75) is 46.6 Å². The zero-order chi connectivity index (χ0) is 13.7. The van der Waals surface area contributed by atoms with Gasteiger partial charge in [0.15, 0.2) is 0 Å². The molecule has 3 heteroatoms. The van der Waals surface area contributed by atoms with Crippen LogP contribution in [0.2, 0.25) is 0 Å². The van der Waals surface area contributed by atoms with E-state index in [4.69, 9.17) is 10.7 Å². The fraction of sp³-hybridized carbons (Fsp3) is 0.438. The first-order chi connectivity index (χ1) is 8.99. The molecule has 0 radical (unpaired) electrons. The van der Waals surface area contributed by atoms with Crippen LogP contribution in [-0.2, 0) is 0 Å². The molecule has 0 spiro atoms. The molecule has 19 heavy (non-hydrogen) atoms. The van der Waals surface area contributed by atoms with Crippen molar-refractivity contribution in [1.82, 2.24) is 9.55 Å². The third kappa shape index (κ3) is 1.93. The molecule has 1 heterocycles. The van der Waals surface area contributed by atoms with Gasteiger partial charge in [0, 0.05) is 11.6 Å². The molecule has 0 bridgehead atoms. The second kappa shape index (κ2) is 4.12. The summed E-state index contributed by atoms with van der Waals surface area (Å²) in [7, 11) is 0. The molecule has 3 rings (SSSR count). The minimum absolute atomic E-state index is 0.577. The summed E-state index contributed by atoms with van der Waals surface area (Å²) in [6, 6.07) is 5.00. The molecular formula is C16H21N3. The van der Waals surface area contributed by atoms with Crippen molar-refractivity contribution in [2.75, 3.05) is 5.73 Å². The van der Waals surface area contributed by atoms with E-state index in [0.29, 0.717) is 6.04 Å². The van der Waals surface area contributed by atoms with Gasteiger partial charge < -0.3 is 10.3 Å². The molecule has 100 valence electrons. The number of aromatic nitrogens is 2. The molecule has 1 aliphatic carbocycles. The van der Waals surface area contributed by atoms with E-state index < -0.39 is 0 Å². The zero-order valence-corrected chi connectivity index (χ0v) is 12.1. The van der Waals surface area contributed by atoms with E-state index in [9.17, 15) is 0 Å². The topological polar surface area (TPSA) is 43.8 Å². The second-order valence-corrected chi connectivity index (χ2v) is 5.75. The smallest absolute Gasteiger partial charge is 0.131 e. The summed E-state index contributed by atoms with van der Waals surface area (Å²) in [4.78, 5) is 4.71. The molecule has 2 N–H and O–H groups in total. The highest BCUT2D eigenvalue weighted by Crippen LogP contribution is 2.41. The van der Waals surface area contributed by atoms with Crippen LogP contribution >= 0.6 is 0 Å². The van der Waals surface area contributed by atoms with Crippen LogP contribution in [0.3, 0.4) is 0 Å². The van der Waals surface area contributed by atoms with Crippen molar-refractivity contribution in [1.29, 1.82) is 0 Å². The quantitative estimate of drug-likeness (QED) is 0.889. The van der Waals surface area contributed by atoms with Gasteiger partial charge in [-0.15, -0.1) is 0 Å². The number of benzene rings is 1. The minimum atomic E-state index is 0.577. The molecule has 0 saturated heterocycles. The van der Waals surface area contributed by atoms with Crippen molar-refractivity contribution >= 4 is 5.82 Å². The summed E-state index contributed by atoms with van der Waals surface area (Å²) in [6.07, 6.45) is 2.46. The van der Waals surface area contributed by atoms with Gasteiger partial charge in [-0.2, -0.15) is 0 Å². The summed E-state index contributed by atoms with van der Waals surface area (Å²) in [5.41, 5.74) is 12.3. The number of nitrogens with zero attached hydrogens (tertiary/aromatic N) is 2. The van der Waals surface area contributed by atoms with Crippen molar-refractivity contribution in [3.05, 3.63) is 34.6 Å². The molecule has 1 fully saturated rings. The lowest BCUT2D eigenvalue weighted by Gasteiger charge is -2.09. The van der Waals surface area contributed by atoms with Crippen LogP contribution in [0.4, 0.5) is 5.82 Å². The lowest BCUT2D eigenvalue weighted by molar-refractivity contribution is 0.720. The Kier molecular flexibility index (Phi) is 2.66. The fourth-order valence-electron chi connectivity index (χ4n) is 2.77. The van der Waals surface area contributed by atoms with Crippen LogP contribution in [-0.4, -0.2) is 9.55 Å². The molecular weight excluding hydrogens is 234 g/mol. The average molecular weight is 255 g/mol. The van der Waals surface area contributed by atoms with Crippen molar-refractivity contribution < 1.29 is 0 Å². The summed E-state index contributed by atoms with van der Waals surface area (Å²) >= 11 is 0. The standard InChI is InChI=1S/C16H21N3/c1-9-7-11(3)14(8-10(9)2)15-16(17)19(12(4)18-15)13-5-6-13/h7-8,13H,5-6,17H2,1-4H3. The van der Waals surface area contributed by atoms with E-state index in [1.165, 1.54) is 35.1 Å². The first kappa shape index (κ1) is 12.3. The number of imidazole rings is 1. The van der Waals surface area contributed by atoms with Crippen molar-refractivity contribution in [3.63, 3.8) is 0 Å². The van der Waals surface area contributed by atoms with E-state index in [2.05, 4.69) is 44.4 Å². The Labute approximate surface area is 114 Å². The molecule has 1 aromatic carbocycles. The highest BCUT2D eigenvalue weighted by Gasteiger charge is 2.29. The maximum Gasteiger partial charge on any atom is 0.131 e. The molecule has 1 saturated carbocycles. The summed E-state index contributed by atoms with van der Waals surface area (Å²) in [5.74, 6) is 1.86. The number of anilines is 1. The Morgan fingerprint density at radius 3 is 2.32 bits per heavy atom. The van der Waals surface area contributed by atoms with Crippen LogP contribution in [0.25, 0.3) is 11.3 Å². The number of hydrogen-bond donors (Lipinski definition) is 1. The lowest BCUT2D eigenvalue weighted by atomic mass is 9.99. The zero-order valence-electron chi connectivity index (χ0n) is 12.1. The molecule has 0 unspecified atom stereocenters. The van der Waals surface area contributed by atoms with Crippen LogP contribution in [0.15, 0.2) is 12.1 Å². The average Bonchev–Trinajstić information content (AvgIpc) is 3.11. The number of nitrogens with two attached hydrogens (primary N) is 1. The normalized spacial score (nSPS) is 14.9. The Balaban J connectivity index is 2.17. The van der Waals surface area contributed by atoms with E-state index >= 15 is 0 Å². The Morgan fingerprint density at radius 1 is 1.05 bits per heavy atom. The van der Waals surface area contributed by atoms with Gasteiger partial charge in [0.25, 0.3) is 0 Å². The van der Waals surface area contributed by atoms with Crippen LogP contribution in [0.1, 0.15) is 41.4 Å². The monoisotopic (exact) mass is 255 g/mol. The third-order valence-corrected chi connectivity index (χ3v) is 4.13. The molecule has 1 aromatic heterocycles. The number of rotatable bonds is 2. The van der Waals surface area contributed by atoms with Crippen molar-refractivity contribution in [3.8, 4) is 11.3 Å². The maximum atomic E-state index is 6.33. The maximum absolute atomic E-state index is 6.33. The molecule has 0 amide bonds.